The van der Waals surface area contributed by atoms with E-state index in [0.29, 0.717) is 24.6 Å². The van der Waals surface area contributed by atoms with Crippen LogP contribution in [0, 0.1) is 6.92 Å². The average Bonchev–Trinajstić information content (AvgIpc) is 2.75. The fourth-order valence-corrected chi connectivity index (χ4v) is 4.09. The largest absolute Gasteiger partial charge is 0.490 e. The van der Waals surface area contributed by atoms with Crippen LogP contribution in [0.2, 0.25) is 0 Å². The molecule has 1 aliphatic rings. The van der Waals surface area contributed by atoms with Gasteiger partial charge in [0, 0.05) is 25.9 Å². The zero-order valence-electron chi connectivity index (χ0n) is 16.8. The number of hydrogen-bond acceptors (Lipinski definition) is 5. The van der Waals surface area contributed by atoms with Crippen molar-refractivity contribution in [3.05, 3.63) is 54.1 Å². The van der Waals surface area contributed by atoms with Crippen LogP contribution in [0.5, 0.6) is 5.75 Å². The van der Waals surface area contributed by atoms with E-state index in [2.05, 4.69) is 10.0 Å². The maximum absolute atomic E-state index is 12.5. The van der Waals surface area contributed by atoms with Gasteiger partial charge in [0.05, 0.1) is 17.1 Å². The minimum Gasteiger partial charge on any atom is -0.490 e. The predicted molar refractivity (Wildman–Crippen MR) is 113 cm³/mol. The minimum atomic E-state index is -3.62. The van der Waals surface area contributed by atoms with Crippen molar-refractivity contribution < 1.29 is 22.7 Å². The smallest absolute Gasteiger partial charge is 0.240 e. The van der Waals surface area contributed by atoms with E-state index in [4.69, 9.17) is 4.74 Å². The molecule has 0 saturated carbocycles. The van der Waals surface area contributed by atoms with E-state index < -0.39 is 10.0 Å². The second-order valence-electron chi connectivity index (χ2n) is 6.92. The Labute approximate surface area is 176 Å². The van der Waals surface area contributed by atoms with Crippen LogP contribution in [-0.4, -0.2) is 46.5 Å². The van der Waals surface area contributed by atoms with Gasteiger partial charge in [-0.05, 0) is 31.2 Å². The molecule has 0 radical (unpaired) electrons. The Kier molecular flexibility index (Phi) is 7.07. The average molecular weight is 432 g/mol. The Morgan fingerprint density at radius 1 is 1.03 bits per heavy atom. The number of fused-ring (bicyclic) bond motifs is 1. The third-order valence-corrected chi connectivity index (χ3v) is 6.14. The summed E-state index contributed by atoms with van der Waals surface area (Å²) in [4.78, 5) is 26.3. The van der Waals surface area contributed by atoms with Gasteiger partial charge in [0.1, 0.15) is 12.4 Å². The van der Waals surface area contributed by atoms with Crippen LogP contribution in [0.1, 0.15) is 18.4 Å². The summed E-state index contributed by atoms with van der Waals surface area (Å²) < 4.78 is 32.4. The van der Waals surface area contributed by atoms with Gasteiger partial charge in [0.25, 0.3) is 0 Å². The summed E-state index contributed by atoms with van der Waals surface area (Å²) >= 11 is 0. The molecule has 0 spiro atoms. The van der Waals surface area contributed by atoms with E-state index in [-0.39, 0.29) is 42.6 Å². The number of anilines is 1. The highest BCUT2D eigenvalue weighted by molar-refractivity contribution is 7.89. The summed E-state index contributed by atoms with van der Waals surface area (Å²) in [5.41, 5.74) is 1.68. The number of ether oxygens (including phenoxy) is 1. The number of benzene rings is 2. The van der Waals surface area contributed by atoms with Crippen LogP contribution >= 0.6 is 0 Å². The molecule has 30 heavy (non-hydrogen) atoms. The normalized spacial score (nSPS) is 13.3. The number of carbonyl (C=O) groups excluding carboxylic acids is 2. The molecule has 160 valence electrons. The molecule has 8 nitrogen and oxygen atoms in total. The molecule has 9 heteroatoms. The molecular weight excluding hydrogens is 406 g/mol. The molecule has 3 rings (SSSR count). The van der Waals surface area contributed by atoms with Gasteiger partial charge in [-0.1, -0.05) is 29.8 Å². The highest BCUT2D eigenvalue weighted by Gasteiger charge is 2.23. The summed E-state index contributed by atoms with van der Waals surface area (Å²) in [6, 6.07) is 13.8. The lowest BCUT2D eigenvalue weighted by atomic mass is 10.2. The van der Waals surface area contributed by atoms with Crippen molar-refractivity contribution in [2.75, 3.05) is 31.1 Å². The first-order chi connectivity index (χ1) is 14.4. The quantitative estimate of drug-likeness (QED) is 0.618. The van der Waals surface area contributed by atoms with Crippen LogP contribution in [0.3, 0.4) is 0 Å². The Bertz CT molecular complexity index is 1010. The standard InChI is InChI=1S/C21H25N3O5S/c1-16-6-8-17(9-7-16)30(27,28)23-13-12-22-20(25)10-11-21(26)24-14-15-29-19-5-3-2-4-18(19)24/h2-9,23H,10-15H2,1H3,(H,22,25). The van der Waals surface area contributed by atoms with Gasteiger partial charge < -0.3 is 15.0 Å². The Morgan fingerprint density at radius 2 is 1.77 bits per heavy atom. The van der Waals surface area contributed by atoms with Crippen molar-refractivity contribution in [2.45, 2.75) is 24.7 Å². The molecule has 2 aromatic rings. The van der Waals surface area contributed by atoms with E-state index in [1.807, 2.05) is 25.1 Å². The lowest BCUT2D eigenvalue weighted by molar-refractivity contribution is -0.125. The van der Waals surface area contributed by atoms with E-state index in [1.54, 1.807) is 23.1 Å². The highest BCUT2D eigenvalue weighted by atomic mass is 32.2. The lowest BCUT2D eigenvalue weighted by Crippen LogP contribution is -2.39. The van der Waals surface area contributed by atoms with Crippen molar-refractivity contribution in [1.29, 1.82) is 0 Å². The number of nitrogens with zero attached hydrogens (tertiary/aromatic N) is 1. The van der Waals surface area contributed by atoms with Gasteiger partial charge in [-0.25, -0.2) is 13.1 Å². The number of nitrogens with one attached hydrogen (secondary N) is 2. The van der Waals surface area contributed by atoms with Crippen LogP contribution in [0.25, 0.3) is 0 Å². The molecule has 2 amide bonds. The molecule has 0 fully saturated rings. The summed E-state index contributed by atoms with van der Waals surface area (Å²) in [7, 11) is -3.62. The summed E-state index contributed by atoms with van der Waals surface area (Å²) in [5, 5.41) is 2.63. The molecule has 0 atom stereocenters. The zero-order chi connectivity index (χ0) is 21.6. The number of sulfonamides is 1. The number of hydrogen-bond donors (Lipinski definition) is 2. The number of carbonyl (C=O) groups is 2. The molecule has 0 bridgehead atoms. The first kappa shape index (κ1) is 21.8. The summed E-state index contributed by atoms with van der Waals surface area (Å²) in [6.07, 6.45) is 0.0956. The van der Waals surface area contributed by atoms with Gasteiger partial charge in [0.2, 0.25) is 21.8 Å². The second kappa shape index (κ2) is 9.73. The lowest BCUT2D eigenvalue weighted by Gasteiger charge is -2.29. The number of amides is 2. The van der Waals surface area contributed by atoms with Crippen molar-refractivity contribution >= 4 is 27.5 Å². The predicted octanol–water partition coefficient (Wildman–Crippen LogP) is 1.60. The first-order valence-corrected chi connectivity index (χ1v) is 11.2. The molecule has 0 aromatic heterocycles. The van der Waals surface area contributed by atoms with Gasteiger partial charge >= 0.3 is 0 Å². The molecule has 2 N–H and O–H groups in total. The second-order valence-corrected chi connectivity index (χ2v) is 8.69. The molecule has 2 aromatic carbocycles. The Hall–Kier alpha value is -2.91. The van der Waals surface area contributed by atoms with Gasteiger partial charge in [-0.15, -0.1) is 0 Å². The number of para-hydroxylation sites is 2. The zero-order valence-corrected chi connectivity index (χ0v) is 17.6. The minimum absolute atomic E-state index is 0.0308. The van der Waals surface area contributed by atoms with Crippen molar-refractivity contribution in [3.8, 4) is 5.75 Å². The molecule has 1 heterocycles. The number of rotatable bonds is 8. The van der Waals surface area contributed by atoms with Crippen molar-refractivity contribution in [3.63, 3.8) is 0 Å². The highest BCUT2D eigenvalue weighted by Crippen LogP contribution is 2.31. The number of aryl methyl sites for hydroxylation is 1. The molecule has 0 aliphatic carbocycles. The van der Waals surface area contributed by atoms with Crippen molar-refractivity contribution in [1.82, 2.24) is 10.0 Å². The molecule has 0 saturated heterocycles. The van der Waals surface area contributed by atoms with E-state index in [1.165, 1.54) is 12.1 Å². The third-order valence-electron chi connectivity index (χ3n) is 4.67. The van der Waals surface area contributed by atoms with Crippen LogP contribution in [-0.2, 0) is 19.6 Å². The summed E-state index contributed by atoms with van der Waals surface area (Å²) in [6.45, 7) is 2.93. The van der Waals surface area contributed by atoms with E-state index >= 15 is 0 Å². The van der Waals surface area contributed by atoms with E-state index in [0.717, 1.165) is 5.56 Å². The monoisotopic (exact) mass is 431 g/mol. The first-order valence-electron chi connectivity index (χ1n) is 9.72. The fourth-order valence-electron chi connectivity index (χ4n) is 3.06. The van der Waals surface area contributed by atoms with Crippen molar-refractivity contribution in [2.24, 2.45) is 0 Å². The Morgan fingerprint density at radius 3 is 2.53 bits per heavy atom. The molecule has 0 unspecified atom stereocenters. The van der Waals surface area contributed by atoms with Crippen LogP contribution in [0.15, 0.2) is 53.4 Å². The third kappa shape index (κ3) is 5.58. The SMILES string of the molecule is Cc1ccc(S(=O)(=O)NCCNC(=O)CCC(=O)N2CCOc3ccccc32)cc1. The van der Waals surface area contributed by atoms with Gasteiger partial charge in [-0.2, -0.15) is 0 Å². The summed E-state index contributed by atoms with van der Waals surface area (Å²) in [5.74, 6) is 0.197. The Balaban J connectivity index is 1.40. The maximum atomic E-state index is 12.5. The van der Waals surface area contributed by atoms with Gasteiger partial charge in [0.15, 0.2) is 0 Å². The van der Waals surface area contributed by atoms with Gasteiger partial charge in [-0.3, -0.25) is 9.59 Å². The van der Waals surface area contributed by atoms with Crippen LogP contribution < -0.4 is 19.7 Å². The molecular formula is C21H25N3O5S. The van der Waals surface area contributed by atoms with E-state index in [9.17, 15) is 18.0 Å². The maximum Gasteiger partial charge on any atom is 0.240 e. The fraction of sp³-hybridized carbons (Fsp3) is 0.333. The molecule has 1 aliphatic heterocycles. The topological polar surface area (TPSA) is 105 Å². The van der Waals surface area contributed by atoms with Crippen LogP contribution in [0.4, 0.5) is 5.69 Å².